The standard InChI is InChI=1S/C11H11N3O2/c1-14-9(6-2-3-6)13-8-4-7(11(15)16)5-12-10(8)14/h4-6H,2-3H2,1H3,(H,15,16). The van der Waals surface area contributed by atoms with Gasteiger partial charge in [-0.2, -0.15) is 0 Å². The molecule has 1 aliphatic carbocycles. The summed E-state index contributed by atoms with van der Waals surface area (Å²) in [6.07, 6.45) is 3.72. The summed E-state index contributed by atoms with van der Waals surface area (Å²) < 4.78 is 1.96. The molecule has 0 unspecified atom stereocenters. The zero-order valence-electron chi connectivity index (χ0n) is 8.84. The first kappa shape index (κ1) is 9.33. The van der Waals surface area contributed by atoms with Crippen molar-refractivity contribution in [2.45, 2.75) is 18.8 Å². The third-order valence-corrected chi connectivity index (χ3v) is 2.93. The third-order valence-electron chi connectivity index (χ3n) is 2.93. The fourth-order valence-electron chi connectivity index (χ4n) is 1.92. The number of imidazole rings is 1. The molecule has 2 heterocycles. The molecule has 16 heavy (non-hydrogen) atoms. The summed E-state index contributed by atoms with van der Waals surface area (Å²) in [5, 5.41) is 8.87. The average Bonchev–Trinajstić information content (AvgIpc) is 3.04. The van der Waals surface area contributed by atoms with Crippen molar-refractivity contribution < 1.29 is 9.90 Å². The van der Waals surface area contributed by atoms with Gasteiger partial charge in [0.25, 0.3) is 0 Å². The Morgan fingerprint density at radius 2 is 2.31 bits per heavy atom. The quantitative estimate of drug-likeness (QED) is 0.828. The lowest BCUT2D eigenvalue weighted by Gasteiger charge is -1.98. The fourth-order valence-corrected chi connectivity index (χ4v) is 1.92. The molecule has 2 aromatic rings. The van der Waals surface area contributed by atoms with Crippen LogP contribution in [0.1, 0.15) is 34.9 Å². The van der Waals surface area contributed by atoms with E-state index in [4.69, 9.17) is 5.11 Å². The van der Waals surface area contributed by atoms with Crippen LogP contribution in [0.3, 0.4) is 0 Å². The van der Waals surface area contributed by atoms with Crippen molar-refractivity contribution in [1.82, 2.24) is 14.5 Å². The van der Waals surface area contributed by atoms with Crippen LogP contribution in [0, 0.1) is 0 Å². The van der Waals surface area contributed by atoms with Crippen LogP contribution in [-0.2, 0) is 7.05 Å². The van der Waals surface area contributed by atoms with E-state index in [1.54, 1.807) is 6.07 Å². The molecule has 0 amide bonds. The van der Waals surface area contributed by atoms with E-state index in [0.29, 0.717) is 11.4 Å². The largest absolute Gasteiger partial charge is 0.478 e. The average molecular weight is 217 g/mol. The molecule has 0 radical (unpaired) electrons. The third kappa shape index (κ3) is 1.28. The van der Waals surface area contributed by atoms with Crippen LogP contribution >= 0.6 is 0 Å². The second-order valence-electron chi connectivity index (χ2n) is 4.18. The summed E-state index contributed by atoms with van der Waals surface area (Å²) >= 11 is 0. The Labute approximate surface area is 91.7 Å². The van der Waals surface area contributed by atoms with E-state index < -0.39 is 5.97 Å². The number of rotatable bonds is 2. The molecule has 1 aliphatic rings. The molecule has 2 aromatic heterocycles. The Bertz CT molecular complexity index is 584. The predicted octanol–water partition coefficient (Wildman–Crippen LogP) is 1.54. The first-order valence-electron chi connectivity index (χ1n) is 5.22. The first-order chi connectivity index (χ1) is 7.66. The van der Waals surface area contributed by atoms with E-state index in [1.807, 2.05) is 11.6 Å². The number of aromatic carboxylic acids is 1. The molecule has 82 valence electrons. The number of pyridine rings is 1. The van der Waals surface area contributed by atoms with Gasteiger partial charge in [0.1, 0.15) is 11.3 Å². The summed E-state index contributed by atoms with van der Waals surface area (Å²) in [6.45, 7) is 0. The van der Waals surface area contributed by atoms with Crippen LogP contribution in [0.4, 0.5) is 0 Å². The molecule has 0 bridgehead atoms. The molecule has 0 atom stereocenters. The van der Waals surface area contributed by atoms with Gasteiger partial charge in [-0.15, -0.1) is 0 Å². The minimum absolute atomic E-state index is 0.188. The molecule has 0 aromatic carbocycles. The molecule has 1 fully saturated rings. The fraction of sp³-hybridized carbons (Fsp3) is 0.364. The Balaban J connectivity index is 2.20. The van der Waals surface area contributed by atoms with Crippen LogP contribution in [0.2, 0.25) is 0 Å². The highest BCUT2D eigenvalue weighted by atomic mass is 16.4. The summed E-state index contributed by atoms with van der Waals surface area (Å²) in [5.41, 5.74) is 1.61. The summed E-state index contributed by atoms with van der Waals surface area (Å²) in [5.74, 6) is 0.588. The van der Waals surface area contributed by atoms with Gasteiger partial charge in [-0.1, -0.05) is 0 Å². The maximum atomic E-state index is 10.8. The van der Waals surface area contributed by atoms with Gasteiger partial charge in [0.2, 0.25) is 0 Å². The maximum absolute atomic E-state index is 10.8. The second-order valence-corrected chi connectivity index (χ2v) is 4.18. The zero-order valence-corrected chi connectivity index (χ0v) is 8.84. The van der Waals surface area contributed by atoms with Crippen molar-refractivity contribution in [2.75, 3.05) is 0 Å². The lowest BCUT2D eigenvalue weighted by atomic mass is 10.3. The van der Waals surface area contributed by atoms with Gasteiger partial charge >= 0.3 is 5.97 Å². The summed E-state index contributed by atoms with van der Waals surface area (Å²) in [7, 11) is 1.93. The highest BCUT2D eigenvalue weighted by molar-refractivity contribution is 5.90. The summed E-state index contributed by atoms with van der Waals surface area (Å²) in [6, 6.07) is 1.58. The minimum atomic E-state index is -0.965. The van der Waals surface area contributed by atoms with Crippen molar-refractivity contribution >= 4 is 17.1 Å². The second kappa shape index (κ2) is 3.04. The maximum Gasteiger partial charge on any atom is 0.337 e. The van der Waals surface area contributed by atoms with Crippen molar-refractivity contribution in [3.63, 3.8) is 0 Å². The van der Waals surface area contributed by atoms with Gasteiger partial charge < -0.3 is 9.67 Å². The molecular weight excluding hydrogens is 206 g/mol. The van der Waals surface area contributed by atoms with Crippen LogP contribution in [-0.4, -0.2) is 25.6 Å². The smallest absolute Gasteiger partial charge is 0.337 e. The van der Waals surface area contributed by atoms with Crippen LogP contribution < -0.4 is 0 Å². The van der Waals surface area contributed by atoms with E-state index in [1.165, 1.54) is 19.0 Å². The van der Waals surface area contributed by atoms with Crippen molar-refractivity contribution in [3.05, 3.63) is 23.7 Å². The van der Waals surface area contributed by atoms with Gasteiger partial charge in [-0.3, -0.25) is 0 Å². The van der Waals surface area contributed by atoms with Gasteiger partial charge in [0, 0.05) is 19.2 Å². The first-order valence-corrected chi connectivity index (χ1v) is 5.22. The number of hydrogen-bond donors (Lipinski definition) is 1. The van der Waals surface area contributed by atoms with E-state index in [0.717, 1.165) is 11.5 Å². The lowest BCUT2D eigenvalue weighted by molar-refractivity contribution is 0.0696. The molecule has 0 saturated heterocycles. The number of aromatic nitrogens is 3. The van der Waals surface area contributed by atoms with Crippen LogP contribution in [0.25, 0.3) is 11.2 Å². The Morgan fingerprint density at radius 1 is 1.56 bits per heavy atom. The molecule has 3 rings (SSSR count). The normalized spacial score (nSPS) is 15.6. The van der Waals surface area contributed by atoms with E-state index in [9.17, 15) is 4.79 Å². The zero-order chi connectivity index (χ0) is 11.3. The van der Waals surface area contributed by atoms with E-state index in [2.05, 4.69) is 9.97 Å². The molecule has 1 N–H and O–H groups in total. The number of nitrogens with zero attached hydrogens (tertiary/aromatic N) is 3. The molecule has 0 spiro atoms. The lowest BCUT2D eigenvalue weighted by Crippen LogP contribution is -1.98. The van der Waals surface area contributed by atoms with Gasteiger partial charge in [0.15, 0.2) is 5.65 Å². The molecular formula is C11H11N3O2. The van der Waals surface area contributed by atoms with E-state index >= 15 is 0 Å². The predicted molar refractivity (Wildman–Crippen MR) is 57.4 cm³/mol. The van der Waals surface area contributed by atoms with Gasteiger partial charge in [-0.25, -0.2) is 14.8 Å². The van der Waals surface area contributed by atoms with Crippen molar-refractivity contribution in [3.8, 4) is 0 Å². The molecule has 1 saturated carbocycles. The SMILES string of the molecule is Cn1c(C2CC2)nc2cc(C(=O)O)cnc21. The number of aryl methyl sites for hydroxylation is 1. The Hall–Kier alpha value is -1.91. The highest BCUT2D eigenvalue weighted by Gasteiger charge is 2.29. The van der Waals surface area contributed by atoms with Gasteiger partial charge in [0.05, 0.1) is 5.56 Å². The van der Waals surface area contributed by atoms with Crippen molar-refractivity contribution in [1.29, 1.82) is 0 Å². The van der Waals surface area contributed by atoms with Gasteiger partial charge in [-0.05, 0) is 18.9 Å². The minimum Gasteiger partial charge on any atom is -0.478 e. The Kier molecular flexibility index (Phi) is 1.77. The number of carbonyl (C=O) groups is 1. The molecule has 5 nitrogen and oxygen atoms in total. The number of hydrogen-bond acceptors (Lipinski definition) is 3. The monoisotopic (exact) mass is 217 g/mol. The number of fused-ring (bicyclic) bond motifs is 1. The van der Waals surface area contributed by atoms with E-state index in [-0.39, 0.29) is 5.56 Å². The topological polar surface area (TPSA) is 68.0 Å². The molecule has 5 heteroatoms. The van der Waals surface area contributed by atoms with Crippen LogP contribution in [0.15, 0.2) is 12.3 Å². The van der Waals surface area contributed by atoms with Crippen molar-refractivity contribution in [2.24, 2.45) is 7.05 Å². The molecule has 0 aliphatic heterocycles. The summed E-state index contributed by atoms with van der Waals surface area (Å²) in [4.78, 5) is 19.4. The number of carboxylic acid groups (broad SMARTS) is 1. The highest BCUT2D eigenvalue weighted by Crippen LogP contribution is 2.39. The van der Waals surface area contributed by atoms with Crippen LogP contribution in [0.5, 0.6) is 0 Å². The Morgan fingerprint density at radius 3 is 2.94 bits per heavy atom. The number of carboxylic acids is 1.